The Balaban J connectivity index is 2.74. The van der Waals surface area contributed by atoms with Gasteiger partial charge in [-0.05, 0) is 19.4 Å². The molecule has 1 aromatic rings. The van der Waals surface area contributed by atoms with Gasteiger partial charge in [-0.3, -0.25) is 14.9 Å². The van der Waals surface area contributed by atoms with Crippen LogP contribution in [0.1, 0.15) is 25.3 Å². The number of rotatable bonds is 6. The summed E-state index contributed by atoms with van der Waals surface area (Å²) in [4.78, 5) is 46.0. The predicted molar refractivity (Wildman–Crippen MR) is 89.0 cm³/mol. The first-order valence-corrected chi connectivity index (χ1v) is 7.63. The fraction of sp³-hybridized carbons (Fsp3) is 0.235. The lowest BCUT2D eigenvalue weighted by atomic mass is 9.80. The number of dihydropyridines is 1. The van der Waals surface area contributed by atoms with Gasteiger partial charge >= 0.3 is 11.9 Å². The molecule has 1 atom stereocenters. The predicted octanol–water partition coefficient (Wildman–Crippen LogP) is 1.66. The van der Waals surface area contributed by atoms with Crippen LogP contribution in [-0.2, 0) is 19.1 Å². The second-order valence-electron chi connectivity index (χ2n) is 5.42. The smallest absolute Gasteiger partial charge is 0.336 e. The van der Waals surface area contributed by atoms with Gasteiger partial charge in [-0.25, -0.2) is 9.59 Å². The van der Waals surface area contributed by atoms with E-state index in [1.54, 1.807) is 6.92 Å². The summed E-state index contributed by atoms with van der Waals surface area (Å²) in [7, 11) is 0. The Kier molecular flexibility index (Phi) is 5.51. The molecule has 0 saturated carbocycles. The van der Waals surface area contributed by atoms with Gasteiger partial charge in [0.05, 0.1) is 34.3 Å². The van der Waals surface area contributed by atoms with Crippen LogP contribution in [-0.4, -0.2) is 34.9 Å². The number of non-ortho nitro benzene ring substituents is 1. The van der Waals surface area contributed by atoms with Crippen LogP contribution in [0.4, 0.5) is 5.69 Å². The SMILES string of the molecule is CCOC(=O)C1=C(C)NC(C=O)=C(C(=O)O)C1c1cccc([N+](=O)[O-])c1. The van der Waals surface area contributed by atoms with Crippen molar-refractivity contribution in [1.82, 2.24) is 5.32 Å². The second kappa shape index (κ2) is 7.60. The summed E-state index contributed by atoms with van der Waals surface area (Å²) < 4.78 is 5.00. The molecule has 9 nitrogen and oxygen atoms in total. The molecule has 0 fully saturated rings. The molecule has 1 aliphatic heterocycles. The highest BCUT2D eigenvalue weighted by molar-refractivity contribution is 6.02. The van der Waals surface area contributed by atoms with Crippen molar-refractivity contribution < 1.29 is 29.2 Å². The van der Waals surface area contributed by atoms with Gasteiger partial charge < -0.3 is 15.2 Å². The van der Waals surface area contributed by atoms with E-state index in [-0.39, 0.29) is 40.4 Å². The fourth-order valence-electron chi connectivity index (χ4n) is 2.82. The van der Waals surface area contributed by atoms with E-state index in [0.717, 1.165) is 0 Å². The molecule has 2 rings (SSSR count). The van der Waals surface area contributed by atoms with Crippen molar-refractivity contribution in [2.24, 2.45) is 0 Å². The Morgan fingerprint density at radius 2 is 2.08 bits per heavy atom. The first-order chi connectivity index (χ1) is 12.3. The third-order valence-corrected chi connectivity index (χ3v) is 3.85. The number of nitrogens with zero attached hydrogens (tertiary/aromatic N) is 1. The quantitative estimate of drug-likeness (QED) is 0.338. The standard InChI is InChI=1S/C17H16N2O7/c1-3-26-17(23)13-9(2)18-12(8-20)15(16(21)22)14(13)10-5-4-6-11(7-10)19(24)25/h4-8,14,18H,3H2,1-2H3,(H,21,22). The number of esters is 1. The molecule has 9 heteroatoms. The molecule has 0 saturated heterocycles. The second-order valence-corrected chi connectivity index (χ2v) is 5.42. The van der Waals surface area contributed by atoms with E-state index in [1.165, 1.54) is 31.2 Å². The van der Waals surface area contributed by atoms with Crippen molar-refractivity contribution in [1.29, 1.82) is 0 Å². The Hall–Kier alpha value is -3.49. The number of hydrogen-bond donors (Lipinski definition) is 2. The first-order valence-electron chi connectivity index (χ1n) is 7.63. The Labute approximate surface area is 148 Å². The summed E-state index contributed by atoms with van der Waals surface area (Å²) in [6.07, 6.45) is 0.333. The monoisotopic (exact) mass is 360 g/mol. The third kappa shape index (κ3) is 3.46. The number of nitro groups is 1. The van der Waals surface area contributed by atoms with Crippen LogP contribution in [0.3, 0.4) is 0 Å². The van der Waals surface area contributed by atoms with Crippen LogP contribution in [0.2, 0.25) is 0 Å². The van der Waals surface area contributed by atoms with Crippen LogP contribution < -0.4 is 5.32 Å². The summed E-state index contributed by atoms with van der Waals surface area (Å²) in [5.41, 5.74) is -0.449. The van der Waals surface area contributed by atoms with Crippen molar-refractivity contribution in [3.63, 3.8) is 0 Å². The zero-order valence-electron chi connectivity index (χ0n) is 14.0. The lowest BCUT2D eigenvalue weighted by Crippen LogP contribution is -2.33. The third-order valence-electron chi connectivity index (χ3n) is 3.85. The number of carbonyl (C=O) groups excluding carboxylic acids is 2. The minimum atomic E-state index is -1.43. The minimum Gasteiger partial charge on any atom is -0.478 e. The molecule has 136 valence electrons. The van der Waals surface area contributed by atoms with E-state index in [4.69, 9.17) is 4.74 Å². The highest BCUT2D eigenvalue weighted by Gasteiger charge is 2.38. The number of allylic oxidation sites excluding steroid dienone is 2. The number of carboxylic acids is 1. The number of benzene rings is 1. The van der Waals surface area contributed by atoms with Gasteiger partial charge in [-0.15, -0.1) is 0 Å². The van der Waals surface area contributed by atoms with Crippen molar-refractivity contribution in [3.8, 4) is 0 Å². The number of carbonyl (C=O) groups is 3. The lowest BCUT2D eigenvalue weighted by Gasteiger charge is -2.28. The summed E-state index contributed by atoms with van der Waals surface area (Å²) >= 11 is 0. The molecule has 2 N–H and O–H groups in total. The molecule has 0 radical (unpaired) electrons. The molecular weight excluding hydrogens is 344 g/mol. The maximum Gasteiger partial charge on any atom is 0.336 e. The number of hydrogen-bond acceptors (Lipinski definition) is 7. The number of nitrogens with one attached hydrogen (secondary N) is 1. The van der Waals surface area contributed by atoms with Gasteiger partial charge in [-0.2, -0.15) is 0 Å². The summed E-state index contributed by atoms with van der Waals surface area (Å²) in [5.74, 6) is -3.38. The van der Waals surface area contributed by atoms with Gasteiger partial charge in [0.1, 0.15) is 0 Å². The molecule has 0 bridgehead atoms. The van der Waals surface area contributed by atoms with E-state index in [9.17, 15) is 29.6 Å². The van der Waals surface area contributed by atoms with Gasteiger partial charge in [0.15, 0.2) is 6.29 Å². The molecule has 1 aliphatic rings. The van der Waals surface area contributed by atoms with Crippen LogP contribution in [0.5, 0.6) is 0 Å². The number of ether oxygens (including phenoxy) is 1. The molecule has 0 spiro atoms. The summed E-state index contributed by atoms with van der Waals surface area (Å²) in [6.45, 7) is 3.15. The zero-order valence-corrected chi connectivity index (χ0v) is 14.0. The van der Waals surface area contributed by atoms with Crippen molar-refractivity contribution in [3.05, 3.63) is 62.5 Å². The molecule has 26 heavy (non-hydrogen) atoms. The Bertz CT molecular complexity index is 854. The van der Waals surface area contributed by atoms with Gasteiger partial charge in [0.25, 0.3) is 5.69 Å². The number of carboxylic acid groups (broad SMARTS) is 1. The van der Waals surface area contributed by atoms with E-state index in [0.29, 0.717) is 6.29 Å². The molecule has 1 heterocycles. The first kappa shape index (κ1) is 18.8. The number of aldehydes is 1. The molecule has 0 aliphatic carbocycles. The van der Waals surface area contributed by atoms with Gasteiger partial charge in [-0.1, -0.05) is 12.1 Å². The van der Waals surface area contributed by atoms with Crippen LogP contribution >= 0.6 is 0 Å². The van der Waals surface area contributed by atoms with E-state index >= 15 is 0 Å². The number of aliphatic carboxylic acids is 1. The van der Waals surface area contributed by atoms with E-state index in [1.807, 2.05) is 0 Å². The van der Waals surface area contributed by atoms with Crippen LogP contribution in [0, 0.1) is 10.1 Å². The maximum atomic E-state index is 12.4. The Morgan fingerprint density at radius 3 is 2.62 bits per heavy atom. The average molecular weight is 360 g/mol. The molecular formula is C17H16N2O7. The maximum absolute atomic E-state index is 12.4. The van der Waals surface area contributed by atoms with E-state index in [2.05, 4.69) is 5.32 Å². The molecule has 0 amide bonds. The zero-order chi connectivity index (χ0) is 19.4. The summed E-state index contributed by atoms with van der Waals surface area (Å²) in [6, 6.07) is 5.26. The Morgan fingerprint density at radius 1 is 1.38 bits per heavy atom. The van der Waals surface area contributed by atoms with Gasteiger partial charge in [0, 0.05) is 17.8 Å². The van der Waals surface area contributed by atoms with Crippen LogP contribution in [0.15, 0.2) is 46.8 Å². The van der Waals surface area contributed by atoms with Crippen LogP contribution in [0.25, 0.3) is 0 Å². The highest BCUT2D eigenvalue weighted by atomic mass is 16.6. The van der Waals surface area contributed by atoms with Crippen molar-refractivity contribution in [2.75, 3.05) is 6.61 Å². The normalized spacial score (nSPS) is 16.8. The molecule has 0 aromatic heterocycles. The number of nitro benzene ring substituents is 1. The molecule has 1 aromatic carbocycles. The van der Waals surface area contributed by atoms with Crippen molar-refractivity contribution >= 4 is 23.9 Å². The van der Waals surface area contributed by atoms with Gasteiger partial charge in [0.2, 0.25) is 0 Å². The highest BCUT2D eigenvalue weighted by Crippen LogP contribution is 2.39. The average Bonchev–Trinajstić information content (AvgIpc) is 2.60. The minimum absolute atomic E-state index is 0.0182. The largest absolute Gasteiger partial charge is 0.478 e. The summed E-state index contributed by atoms with van der Waals surface area (Å²) in [5, 5.41) is 23.3. The topological polar surface area (TPSA) is 136 Å². The lowest BCUT2D eigenvalue weighted by molar-refractivity contribution is -0.384. The van der Waals surface area contributed by atoms with Crippen molar-refractivity contribution in [2.45, 2.75) is 19.8 Å². The molecule has 1 unspecified atom stereocenters. The fourth-order valence-corrected chi connectivity index (χ4v) is 2.82. The van der Waals surface area contributed by atoms with E-state index < -0.39 is 22.8 Å².